The van der Waals surface area contributed by atoms with Gasteiger partial charge in [-0.1, -0.05) is 103 Å². The molecule has 0 radical (unpaired) electrons. The lowest BCUT2D eigenvalue weighted by atomic mass is 9.76. The Hall–Kier alpha value is -7.39. The van der Waals surface area contributed by atoms with Crippen molar-refractivity contribution in [3.63, 3.8) is 0 Å². The van der Waals surface area contributed by atoms with E-state index in [1.54, 1.807) is 6.07 Å². The summed E-state index contributed by atoms with van der Waals surface area (Å²) in [4.78, 5) is 13.7. The number of aliphatic hydroxyl groups excluding tert-OH is 4. The van der Waals surface area contributed by atoms with E-state index in [-0.39, 0.29) is 26.4 Å². The zero-order valence-electron chi connectivity index (χ0n) is 43.0. The summed E-state index contributed by atoms with van der Waals surface area (Å²) in [6.07, 6.45) is -10.9. The second-order valence-electron chi connectivity index (χ2n) is 20.6. The minimum atomic E-state index is -1.32. The first-order valence-electron chi connectivity index (χ1n) is 26.4. The highest BCUT2D eigenvalue weighted by atomic mass is 16.7. The van der Waals surface area contributed by atoms with E-state index in [1.807, 2.05) is 166 Å². The van der Waals surface area contributed by atoms with Gasteiger partial charge < -0.3 is 78.4 Å². The SMILES string of the molecule is Cc1c(OCc2ccc(N[C@@H]3O[C@@H]4COC(c5ccccc5)O[C@H]4[C@H](O)[C@H]3O)cc2)ccc2c1Oc1c(ccc(OCc3ccc(N[C@@H]4O[C@@H]5COC(c6ccccc6)O[C@H]5[C@H](O)[C@H]4O)cc3)c1C)C21OC(=O)c2ccccc21. The number of nitrogens with one attached hydrogen (secondary N) is 2. The average molecular weight is 1070 g/mol. The molecule has 0 aromatic heterocycles. The zero-order valence-corrected chi connectivity index (χ0v) is 43.0. The Bertz CT molecular complexity index is 3160. The molecule has 79 heavy (non-hydrogen) atoms. The van der Waals surface area contributed by atoms with Crippen LogP contribution in [0.3, 0.4) is 0 Å². The van der Waals surface area contributed by atoms with Crippen molar-refractivity contribution in [1.82, 2.24) is 0 Å². The maximum Gasteiger partial charge on any atom is 0.340 e. The second-order valence-corrected chi connectivity index (χ2v) is 20.6. The first-order valence-corrected chi connectivity index (χ1v) is 26.4. The molecular weight excluding hydrogens is 1010 g/mol. The molecule has 6 aliphatic rings. The summed E-state index contributed by atoms with van der Waals surface area (Å²) in [5.41, 5.74) is 7.21. The molecule has 2 unspecified atom stereocenters. The molecule has 0 saturated carbocycles. The van der Waals surface area contributed by atoms with Crippen molar-refractivity contribution in [2.45, 2.75) is 107 Å². The Labute approximate surface area is 455 Å². The summed E-state index contributed by atoms with van der Waals surface area (Å²) >= 11 is 0. The topological polar surface area (TPSA) is 214 Å². The molecule has 0 aliphatic carbocycles. The Kier molecular flexibility index (Phi) is 13.6. The summed E-state index contributed by atoms with van der Waals surface area (Å²) in [5.74, 6) is 1.67. The minimum Gasteiger partial charge on any atom is -0.488 e. The maximum absolute atomic E-state index is 13.7. The fourth-order valence-corrected chi connectivity index (χ4v) is 11.4. The van der Waals surface area contributed by atoms with Crippen LogP contribution in [0.4, 0.5) is 11.4 Å². The maximum atomic E-state index is 13.7. The molecule has 406 valence electrons. The molecule has 4 saturated heterocycles. The number of hydrogen-bond acceptors (Lipinski definition) is 17. The number of ether oxygens (including phenoxy) is 10. The molecule has 7 aromatic rings. The minimum absolute atomic E-state index is 0.179. The molecule has 13 rings (SSSR count). The fraction of sp³-hybridized carbons (Fsp3) is 0.306. The highest BCUT2D eigenvalue weighted by Gasteiger charge is 2.55. The third-order valence-corrected chi connectivity index (χ3v) is 15.7. The standard InChI is InChI=1S/C62H58N2O15/c1-33-45(70-29-35-17-21-39(22-18-35)63-57-51(67)49(65)55-47(74-57)31-72-60(77-55)37-11-5-3-6-12-37)27-25-43-53(33)76-54-34(2)46(28-26-44(54)62(43)42-16-10-9-15-41(42)59(69)79-62)71-30-36-19-23-40(24-20-36)64-58-52(68)50(66)56-48(75-58)32-73-61(78-56)38-13-7-4-8-14-38/h3-28,47-52,55-58,60-61,63-68H,29-32H2,1-2H3/t47-,48-,49-,50-,51-,52-,55-,56-,57-,58-,60?,61?,62?/m1/s1. The molecule has 6 heterocycles. The molecule has 0 amide bonds. The number of benzene rings is 7. The van der Waals surface area contributed by atoms with E-state index in [2.05, 4.69) is 10.6 Å². The van der Waals surface area contributed by atoms with Gasteiger partial charge in [-0.2, -0.15) is 0 Å². The number of aliphatic hydroxyl groups is 4. The van der Waals surface area contributed by atoms with Crippen LogP contribution in [0.25, 0.3) is 0 Å². The van der Waals surface area contributed by atoms with Gasteiger partial charge >= 0.3 is 5.97 Å². The number of carbonyl (C=O) groups excluding carboxylic acids is 1. The summed E-state index contributed by atoms with van der Waals surface area (Å²) in [6.45, 7) is 4.59. The molecule has 0 bridgehead atoms. The van der Waals surface area contributed by atoms with Crippen molar-refractivity contribution in [2.24, 2.45) is 0 Å². The van der Waals surface area contributed by atoms with Gasteiger partial charge in [0.1, 0.15) is 85.0 Å². The molecule has 17 nitrogen and oxygen atoms in total. The Morgan fingerprint density at radius 1 is 0.506 bits per heavy atom. The number of hydrogen-bond donors (Lipinski definition) is 6. The van der Waals surface area contributed by atoms with Crippen LogP contribution < -0.4 is 24.8 Å². The Morgan fingerprint density at radius 3 is 1.42 bits per heavy atom. The van der Waals surface area contributed by atoms with E-state index in [0.29, 0.717) is 67.8 Å². The van der Waals surface area contributed by atoms with Crippen LogP contribution in [-0.4, -0.2) is 101 Å². The summed E-state index contributed by atoms with van der Waals surface area (Å²) in [6, 6.07) is 48.8. The van der Waals surface area contributed by atoms with Gasteiger partial charge in [0.2, 0.25) is 0 Å². The van der Waals surface area contributed by atoms with E-state index in [0.717, 1.165) is 22.3 Å². The van der Waals surface area contributed by atoms with Gasteiger partial charge in [0.15, 0.2) is 30.6 Å². The quantitative estimate of drug-likeness (QED) is 0.0640. The van der Waals surface area contributed by atoms with E-state index in [4.69, 9.17) is 47.4 Å². The summed E-state index contributed by atoms with van der Waals surface area (Å²) in [5, 5.41) is 50.9. The van der Waals surface area contributed by atoms with Crippen LogP contribution in [0, 0.1) is 13.8 Å². The van der Waals surface area contributed by atoms with Crippen LogP contribution in [0.2, 0.25) is 0 Å². The molecule has 6 N–H and O–H groups in total. The number of carbonyl (C=O) groups is 1. The van der Waals surface area contributed by atoms with Crippen LogP contribution in [0.1, 0.15) is 73.0 Å². The third-order valence-electron chi connectivity index (χ3n) is 15.7. The largest absolute Gasteiger partial charge is 0.488 e. The molecular formula is C62H58N2O15. The van der Waals surface area contributed by atoms with Crippen molar-refractivity contribution >= 4 is 17.3 Å². The van der Waals surface area contributed by atoms with E-state index in [9.17, 15) is 25.2 Å². The predicted octanol–water partition coefficient (Wildman–Crippen LogP) is 7.98. The Balaban J connectivity index is 0.678. The highest BCUT2D eigenvalue weighted by molar-refractivity contribution is 5.97. The normalized spacial score (nSPS) is 29.4. The van der Waals surface area contributed by atoms with Crippen molar-refractivity contribution in [3.05, 3.63) is 213 Å². The number of fused-ring (bicyclic) bond motifs is 8. The van der Waals surface area contributed by atoms with Gasteiger partial charge in [-0.3, -0.25) is 0 Å². The molecule has 6 aliphatic heterocycles. The molecule has 12 atom stereocenters. The first kappa shape index (κ1) is 51.1. The number of rotatable bonds is 12. The predicted molar refractivity (Wildman–Crippen MR) is 284 cm³/mol. The lowest BCUT2D eigenvalue weighted by molar-refractivity contribution is -0.325. The summed E-state index contributed by atoms with van der Waals surface area (Å²) < 4.78 is 62.6. The fourth-order valence-electron chi connectivity index (χ4n) is 11.4. The second kappa shape index (κ2) is 21.0. The third kappa shape index (κ3) is 9.34. The van der Waals surface area contributed by atoms with E-state index < -0.39 is 85.4 Å². The molecule has 17 heteroatoms. The molecule has 7 aromatic carbocycles. The number of esters is 1. The molecule has 1 spiro atoms. The van der Waals surface area contributed by atoms with Crippen molar-refractivity contribution in [2.75, 3.05) is 23.8 Å². The van der Waals surface area contributed by atoms with Gasteiger partial charge in [-0.15, -0.1) is 0 Å². The van der Waals surface area contributed by atoms with Crippen LogP contribution in [0.5, 0.6) is 23.0 Å². The van der Waals surface area contributed by atoms with E-state index >= 15 is 0 Å². The van der Waals surface area contributed by atoms with Crippen LogP contribution in [0.15, 0.2) is 158 Å². The van der Waals surface area contributed by atoms with Crippen molar-refractivity contribution in [3.8, 4) is 23.0 Å². The van der Waals surface area contributed by atoms with Crippen molar-refractivity contribution in [1.29, 1.82) is 0 Å². The monoisotopic (exact) mass is 1070 g/mol. The highest BCUT2D eigenvalue weighted by Crippen LogP contribution is 2.59. The first-order chi connectivity index (χ1) is 38.5. The van der Waals surface area contributed by atoms with Gasteiger partial charge in [0.25, 0.3) is 0 Å². The molecule has 4 fully saturated rings. The van der Waals surface area contributed by atoms with Gasteiger partial charge in [-0.05, 0) is 79.6 Å². The lowest BCUT2D eigenvalue weighted by Crippen LogP contribution is -2.63. The summed E-state index contributed by atoms with van der Waals surface area (Å²) in [7, 11) is 0. The average Bonchev–Trinajstić information content (AvgIpc) is 4.07. The van der Waals surface area contributed by atoms with Crippen LogP contribution >= 0.6 is 0 Å². The van der Waals surface area contributed by atoms with Crippen molar-refractivity contribution < 1.29 is 72.6 Å². The zero-order chi connectivity index (χ0) is 53.9. The Morgan fingerprint density at radius 2 is 0.949 bits per heavy atom. The smallest absolute Gasteiger partial charge is 0.340 e. The van der Waals surface area contributed by atoms with Crippen LogP contribution in [-0.2, 0) is 52.0 Å². The lowest BCUT2D eigenvalue weighted by Gasteiger charge is -2.46. The van der Waals surface area contributed by atoms with Gasteiger partial charge in [0.05, 0.1) is 18.8 Å². The van der Waals surface area contributed by atoms with Gasteiger partial charge in [-0.25, -0.2) is 4.79 Å². The number of anilines is 2. The van der Waals surface area contributed by atoms with Gasteiger partial charge in [0, 0.05) is 50.3 Å². The van der Waals surface area contributed by atoms with E-state index in [1.165, 1.54) is 0 Å².